The van der Waals surface area contributed by atoms with Gasteiger partial charge < -0.3 is 10.4 Å². The third-order valence-corrected chi connectivity index (χ3v) is 2.29. The van der Waals surface area contributed by atoms with E-state index in [1.165, 1.54) is 32.1 Å². The van der Waals surface area contributed by atoms with Crippen LogP contribution in [0.5, 0.6) is 0 Å². The molecule has 2 nitrogen and oxygen atoms in total. The van der Waals surface area contributed by atoms with Crippen LogP contribution in [-0.4, -0.2) is 24.8 Å². The summed E-state index contributed by atoms with van der Waals surface area (Å²) in [5, 5.41) is 12.0. The number of nitrogens with one attached hydrogen (secondary N) is 1. The van der Waals surface area contributed by atoms with Gasteiger partial charge in [0.1, 0.15) is 0 Å². The van der Waals surface area contributed by atoms with Crippen molar-refractivity contribution in [3.63, 3.8) is 0 Å². The smallest absolute Gasteiger partial charge is 0.0445 e. The molecule has 0 aromatic heterocycles. The van der Waals surface area contributed by atoms with E-state index in [0.29, 0.717) is 12.6 Å². The lowest BCUT2D eigenvalue weighted by Crippen LogP contribution is -2.26. The predicted molar refractivity (Wildman–Crippen MR) is 53.3 cm³/mol. The molecule has 0 aliphatic carbocycles. The number of aliphatic hydroxyl groups excluding tert-OH is 1. The number of aliphatic hydroxyl groups is 1. The first kappa shape index (κ1) is 11.9. The van der Waals surface area contributed by atoms with Crippen LogP contribution in [0.2, 0.25) is 0 Å². The second-order valence-electron chi connectivity index (χ2n) is 3.35. The van der Waals surface area contributed by atoms with Gasteiger partial charge in [0.2, 0.25) is 0 Å². The van der Waals surface area contributed by atoms with Crippen molar-refractivity contribution in [2.24, 2.45) is 0 Å². The van der Waals surface area contributed by atoms with E-state index in [1.807, 2.05) is 7.05 Å². The minimum Gasteiger partial charge on any atom is -0.396 e. The van der Waals surface area contributed by atoms with Gasteiger partial charge in [-0.05, 0) is 19.9 Å². The van der Waals surface area contributed by atoms with Crippen LogP contribution in [-0.2, 0) is 0 Å². The lowest BCUT2D eigenvalue weighted by atomic mass is 10.1. The van der Waals surface area contributed by atoms with Crippen molar-refractivity contribution in [1.29, 1.82) is 0 Å². The molecule has 1 atom stereocenters. The molecule has 0 spiro atoms. The first-order valence-corrected chi connectivity index (χ1v) is 5.13. The third-order valence-electron chi connectivity index (χ3n) is 2.29. The maximum Gasteiger partial charge on any atom is 0.0445 e. The van der Waals surface area contributed by atoms with Gasteiger partial charge in [-0.3, -0.25) is 0 Å². The Balaban J connectivity index is 3.19. The van der Waals surface area contributed by atoms with Crippen molar-refractivity contribution in [2.75, 3.05) is 13.7 Å². The van der Waals surface area contributed by atoms with Crippen molar-refractivity contribution in [3.8, 4) is 0 Å². The van der Waals surface area contributed by atoms with E-state index in [2.05, 4.69) is 12.2 Å². The Morgan fingerprint density at radius 2 is 1.92 bits per heavy atom. The highest BCUT2D eigenvalue weighted by Gasteiger charge is 2.03. The van der Waals surface area contributed by atoms with Crippen LogP contribution >= 0.6 is 0 Å². The van der Waals surface area contributed by atoms with Crippen LogP contribution in [0.1, 0.15) is 45.4 Å². The summed E-state index contributed by atoms with van der Waals surface area (Å²) >= 11 is 0. The summed E-state index contributed by atoms with van der Waals surface area (Å²) in [4.78, 5) is 0. The number of hydrogen-bond donors (Lipinski definition) is 2. The van der Waals surface area contributed by atoms with Crippen molar-refractivity contribution in [3.05, 3.63) is 0 Å². The monoisotopic (exact) mass is 173 g/mol. The Kier molecular flexibility index (Phi) is 8.95. The number of rotatable bonds is 8. The zero-order valence-electron chi connectivity index (χ0n) is 8.47. The number of unbranched alkanes of at least 4 members (excludes halogenated alkanes) is 3. The molecular weight excluding hydrogens is 150 g/mol. The molecule has 0 saturated carbocycles. The van der Waals surface area contributed by atoms with Crippen molar-refractivity contribution < 1.29 is 5.11 Å². The fourth-order valence-electron chi connectivity index (χ4n) is 1.41. The molecule has 12 heavy (non-hydrogen) atoms. The van der Waals surface area contributed by atoms with Gasteiger partial charge in [0.15, 0.2) is 0 Å². The Labute approximate surface area is 76.4 Å². The standard InChI is InChI=1S/C10H23NO/c1-3-4-5-6-7-10(11-2)8-9-12/h10-12H,3-9H2,1-2H3. The quantitative estimate of drug-likeness (QED) is 0.550. The zero-order chi connectivity index (χ0) is 9.23. The van der Waals surface area contributed by atoms with Crippen LogP contribution < -0.4 is 5.32 Å². The molecular formula is C10H23NO. The lowest BCUT2D eigenvalue weighted by molar-refractivity contribution is 0.262. The normalized spacial score (nSPS) is 13.2. The summed E-state index contributed by atoms with van der Waals surface area (Å²) in [5.41, 5.74) is 0. The summed E-state index contributed by atoms with van der Waals surface area (Å²) in [6.45, 7) is 2.53. The first-order chi connectivity index (χ1) is 5.85. The highest BCUT2D eigenvalue weighted by atomic mass is 16.3. The maximum atomic E-state index is 8.73. The summed E-state index contributed by atoms with van der Waals surface area (Å²) in [6.07, 6.45) is 7.36. The highest BCUT2D eigenvalue weighted by Crippen LogP contribution is 2.07. The van der Waals surface area contributed by atoms with E-state index in [4.69, 9.17) is 5.11 Å². The molecule has 1 unspecified atom stereocenters. The molecule has 0 aromatic carbocycles. The van der Waals surface area contributed by atoms with Crippen molar-refractivity contribution in [2.45, 2.75) is 51.5 Å². The molecule has 0 bridgehead atoms. The molecule has 0 amide bonds. The molecule has 74 valence electrons. The van der Waals surface area contributed by atoms with Gasteiger partial charge in [-0.1, -0.05) is 32.6 Å². The fraction of sp³-hybridized carbons (Fsp3) is 1.00. The van der Waals surface area contributed by atoms with E-state index >= 15 is 0 Å². The Morgan fingerprint density at radius 1 is 1.17 bits per heavy atom. The van der Waals surface area contributed by atoms with Gasteiger partial charge in [0.25, 0.3) is 0 Å². The average Bonchev–Trinajstić information content (AvgIpc) is 2.10. The van der Waals surface area contributed by atoms with Gasteiger partial charge in [-0.15, -0.1) is 0 Å². The maximum absolute atomic E-state index is 8.73. The van der Waals surface area contributed by atoms with Crippen LogP contribution in [0, 0.1) is 0 Å². The topological polar surface area (TPSA) is 32.3 Å². The molecule has 2 N–H and O–H groups in total. The van der Waals surface area contributed by atoms with E-state index in [9.17, 15) is 0 Å². The third kappa shape index (κ3) is 6.62. The molecule has 0 aliphatic rings. The second kappa shape index (κ2) is 9.01. The minimum absolute atomic E-state index is 0.305. The fourth-order valence-corrected chi connectivity index (χ4v) is 1.41. The average molecular weight is 173 g/mol. The Morgan fingerprint density at radius 3 is 2.42 bits per heavy atom. The molecule has 0 saturated heterocycles. The predicted octanol–water partition coefficient (Wildman–Crippen LogP) is 1.93. The SMILES string of the molecule is CCCCCCC(CCO)NC. The van der Waals surface area contributed by atoms with E-state index in [1.54, 1.807) is 0 Å². The van der Waals surface area contributed by atoms with Crippen LogP contribution in [0.4, 0.5) is 0 Å². The van der Waals surface area contributed by atoms with Crippen LogP contribution in [0.3, 0.4) is 0 Å². The van der Waals surface area contributed by atoms with Gasteiger partial charge in [-0.25, -0.2) is 0 Å². The largest absolute Gasteiger partial charge is 0.396 e. The highest BCUT2D eigenvalue weighted by molar-refractivity contribution is 4.63. The van der Waals surface area contributed by atoms with Gasteiger partial charge in [0.05, 0.1) is 0 Å². The van der Waals surface area contributed by atoms with Gasteiger partial charge in [-0.2, -0.15) is 0 Å². The van der Waals surface area contributed by atoms with E-state index in [0.717, 1.165) is 6.42 Å². The zero-order valence-corrected chi connectivity index (χ0v) is 8.47. The molecule has 2 heteroatoms. The molecule has 0 aromatic rings. The Bertz CT molecular complexity index is 85.9. The van der Waals surface area contributed by atoms with Crippen molar-refractivity contribution >= 4 is 0 Å². The summed E-state index contributed by atoms with van der Waals surface area (Å²) in [6, 6.07) is 0.520. The minimum atomic E-state index is 0.305. The van der Waals surface area contributed by atoms with Crippen LogP contribution in [0.25, 0.3) is 0 Å². The van der Waals surface area contributed by atoms with Crippen molar-refractivity contribution in [1.82, 2.24) is 5.32 Å². The number of hydrogen-bond acceptors (Lipinski definition) is 2. The second-order valence-corrected chi connectivity index (χ2v) is 3.35. The van der Waals surface area contributed by atoms with Gasteiger partial charge >= 0.3 is 0 Å². The molecule has 0 rings (SSSR count). The summed E-state index contributed by atoms with van der Waals surface area (Å²) in [7, 11) is 1.97. The lowest BCUT2D eigenvalue weighted by Gasteiger charge is -2.13. The first-order valence-electron chi connectivity index (χ1n) is 5.13. The molecule has 0 heterocycles. The summed E-state index contributed by atoms with van der Waals surface area (Å²) < 4.78 is 0. The molecule has 0 radical (unpaired) electrons. The Hall–Kier alpha value is -0.0800. The van der Waals surface area contributed by atoms with Crippen LogP contribution in [0.15, 0.2) is 0 Å². The molecule has 0 fully saturated rings. The van der Waals surface area contributed by atoms with E-state index in [-0.39, 0.29) is 0 Å². The van der Waals surface area contributed by atoms with Gasteiger partial charge in [0, 0.05) is 12.6 Å². The molecule has 0 aliphatic heterocycles. The summed E-state index contributed by atoms with van der Waals surface area (Å²) in [5.74, 6) is 0. The van der Waals surface area contributed by atoms with E-state index < -0.39 is 0 Å².